The van der Waals surface area contributed by atoms with Crippen LogP contribution in [0.2, 0.25) is 0 Å². The molecular formula is C22H22N4O2S. The van der Waals surface area contributed by atoms with Crippen LogP contribution in [0.4, 0.5) is 5.69 Å². The zero-order valence-corrected chi connectivity index (χ0v) is 16.8. The topological polar surface area (TPSA) is 75.2 Å². The van der Waals surface area contributed by atoms with E-state index in [0.717, 1.165) is 48.3 Å². The fourth-order valence-corrected chi connectivity index (χ4v) is 4.15. The van der Waals surface area contributed by atoms with E-state index in [0.29, 0.717) is 5.69 Å². The molecule has 0 spiro atoms. The summed E-state index contributed by atoms with van der Waals surface area (Å²) in [5.41, 5.74) is 2.79. The quantitative estimate of drug-likeness (QED) is 0.673. The Balaban J connectivity index is 1.67. The zero-order chi connectivity index (χ0) is 20.1. The van der Waals surface area contributed by atoms with Crippen molar-refractivity contribution >= 4 is 29.0 Å². The average molecular weight is 407 g/mol. The predicted molar refractivity (Wildman–Crippen MR) is 114 cm³/mol. The Bertz CT molecular complexity index is 969. The van der Waals surface area contributed by atoms with Gasteiger partial charge in [-0.25, -0.2) is 0 Å². The molecule has 1 fully saturated rings. The molecule has 6 nitrogen and oxygen atoms in total. The number of amides is 2. The molecule has 4 rings (SSSR count). The summed E-state index contributed by atoms with van der Waals surface area (Å²) < 4.78 is 3.81. The smallest absolute Gasteiger partial charge is 0.280 e. The first-order chi connectivity index (χ1) is 14.2. The maximum atomic E-state index is 13.2. The van der Waals surface area contributed by atoms with Crippen LogP contribution < -0.4 is 10.2 Å². The molecule has 0 radical (unpaired) electrons. The summed E-state index contributed by atoms with van der Waals surface area (Å²) in [6.07, 6.45) is 4.26. The second kappa shape index (κ2) is 8.96. The maximum absolute atomic E-state index is 13.2. The standard InChI is InChI=1S/C22H22N4O2S/c27-21(23-17-10-4-5-11-17)14-26(22(28)19-15-29-25-24-19)20-13-7-6-12-18(20)16-8-2-1-3-9-16/h1-3,6-9,12-13,15,17H,4-5,10-11,14H2,(H,23,27). The van der Waals surface area contributed by atoms with E-state index in [1.165, 1.54) is 4.90 Å². The number of anilines is 1. The molecule has 0 saturated heterocycles. The second-order valence-electron chi connectivity index (χ2n) is 7.11. The van der Waals surface area contributed by atoms with E-state index < -0.39 is 0 Å². The van der Waals surface area contributed by atoms with Crippen LogP contribution in [0.15, 0.2) is 60.0 Å². The van der Waals surface area contributed by atoms with Gasteiger partial charge in [0.15, 0.2) is 5.69 Å². The predicted octanol–water partition coefficient (Wildman–Crippen LogP) is 3.91. The number of benzene rings is 2. The van der Waals surface area contributed by atoms with Gasteiger partial charge in [0.25, 0.3) is 5.91 Å². The summed E-state index contributed by atoms with van der Waals surface area (Å²) in [6, 6.07) is 17.7. The summed E-state index contributed by atoms with van der Waals surface area (Å²) >= 11 is 1.12. The Labute approximate surface area is 173 Å². The van der Waals surface area contributed by atoms with Crippen LogP contribution in [-0.2, 0) is 4.79 Å². The number of nitrogens with one attached hydrogen (secondary N) is 1. The van der Waals surface area contributed by atoms with Crippen molar-refractivity contribution in [2.75, 3.05) is 11.4 Å². The van der Waals surface area contributed by atoms with E-state index in [1.807, 2.05) is 54.6 Å². The van der Waals surface area contributed by atoms with E-state index in [-0.39, 0.29) is 30.1 Å². The van der Waals surface area contributed by atoms with Crippen LogP contribution >= 0.6 is 11.5 Å². The Kier molecular flexibility index (Phi) is 5.95. The summed E-state index contributed by atoms with van der Waals surface area (Å²) in [6.45, 7) is -0.0588. The van der Waals surface area contributed by atoms with Gasteiger partial charge in [0.1, 0.15) is 6.54 Å². The van der Waals surface area contributed by atoms with Crippen molar-refractivity contribution in [2.24, 2.45) is 0 Å². The summed E-state index contributed by atoms with van der Waals surface area (Å²) in [5.74, 6) is -0.486. The molecular weight excluding hydrogens is 384 g/mol. The Morgan fingerprint density at radius 1 is 1.03 bits per heavy atom. The van der Waals surface area contributed by atoms with Crippen LogP contribution in [0, 0.1) is 0 Å². The molecule has 29 heavy (non-hydrogen) atoms. The molecule has 0 atom stereocenters. The van der Waals surface area contributed by atoms with Gasteiger partial charge < -0.3 is 5.32 Å². The molecule has 7 heteroatoms. The number of hydrogen-bond acceptors (Lipinski definition) is 5. The van der Waals surface area contributed by atoms with E-state index in [2.05, 4.69) is 14.9 Å². The molecule has 1 saturated carbocycles. The van der Waals surface area contributed by atoms with Gasteiger partial charge in [-0.1, -0.05) is 65.9 Å². The van der Waals surface area contributed by atoms with Gasteiger partial charge in [-0.3, -0.25) is 14.5 Å². The molecule has 148 valence electrons. The molecule has 2 amide bonds. The van der Waals surface area contributed by atoms with Crippen molar-refractivity contribution < 1.29 is 9.59 Å². The molecule has 1 aliphatic carbocycles. The fourth-order valence-electron chi connectivity index (χ4n) is 3.72. The Hall–Kier alpha value is -3.06. The minimum absolute atomic E-state index is 0.0588. The third-order valence-electron chi connectivity index (χ3n) is 5.13. The summed E-state index contributed by atoms with van der Waals surface area (Å²) in [5, 5.41) is 8.60. The minimum atomic E-state index is -0.330. The summed E-state index contributed by atoms with van der Waals surface area (Å²) in [7, 11) is 0. The average Bonchev–Trinajstić information content (AvgIpc) is 3.47. The monoisotopic (exact) mass is 406 g/mol. The molecule has 3 aromatic rings. The number of carbonyl (C=O) groups is 2. The number of aromatic nitrogens is 2. The molecule has 2 aromatic carbocycles. The van der Waals surface area contributed by atoms with Gasteiger partial charge in [0, 0.05) is 17.0 Å². The lowest BCUT2D eigenvalue weighted by atomic mass is 10.0. The van der Waals surface area contributed by atoms with Gasteiger partial charge >= 0.3 is 0 Å². The van der Waals surface area contributed by atoms with Crippen molar-refractivity contribution in [3.63, 3.8) is 0 Å². The fraction of sp³-hybridized carbons (Fsp3) is 0.273. The molecule has 1 aliphatic rings. The van der Waals surface area contributed by atoms with Crippen LogP contribution in [0.3, 0.4) is 0 Å². The van der Waals surface area contributed by atoms with E-state index in [9.17, 15) is 9.59 Å². The van der Waals surface area contributed by atoms with Crippen molar-refractivity contribution in [1.29, 1.82) is 0 Å². The second-order valence-corrected chi connectivity index (χ2v) is 7.72. The molecule has 0 unspecified atom stereocenters. The number of nitrogens with zero attached hydrogens (tertiary/aromatic N) is 3. The highest BCUT2D eigenvalue weighted by Crippen LogP contribution is 2.31. The highest BCUT2D eigenvalue weighted by molar-refractivity contribution is 7.03. The summed E-state index contributed by atoms with van der Waals surface area (Å²) in [4.78, 5) is 27.5. The van der Waals surface area contributed by atoms with Crippen LogP contribution in [0.25, 0.3) is 11.1 Å². The Morgan fingerprint density at radius 3 is 2.48 bits per heavy atom. The minimum Gasteiger partial charge on any atom is -0.352 e. The maximum Gasteiger partial charge on any atom is 0.280 e. The Morgan fingerprint density at radius 2 is 1.76 bits per heavy atom. The first kappa shape index (κ1) is 19.3. The molecule has 1 heterocycles. The van der Waals surface area contributed by atoms with Crippen molar-refractivity contribution in [1.82, 2.24) is 14.9 Å². The molecule has 1 aromatic heterocycles. The lowest BCUT2D eigenvalue weighted by Gasteiger charge is -2.25. The zero-order valence-electron chi connectivity index (χ0n) is 16.0. The number of para-hydroxylation sites is 1. The number of carbonyl (C=O) groups excluding carboxylic acids is 2. The van der Waals surface area contributed by atoms with Crippen molar-refractivity contribution in [3.05, 3.63) is 65.7 Å². The van der Waals surface area contributed by atoms with Crippen molar-refractivity contribution in [3.8, 4) is 11.1 Å². The van der Waals surface area contributed by atoms with Gasteiger partial charge in [-0.05, 0) is 36.0 Å². The SMILES string of the molecule is O=C(CN(C(=O)c1csnn1)c1ccccc1-c1ccccc1)NC1CCCC1. The van der Waals surface area contributed by atoms with Gasteiger partial charge in [-0.2, -0.15) is 0 Å². The number of rotatable bonds is 6. The van der Waals surface area contributed by atoms with Gasteiger partial charge in [0.05, 0.1) is 5.69 Å². The highest BCUT2D eigenvalue weighted by atomic mass is 32.1. The van der Waals surface area contributed by atoms with Crippen LogP contribution in [-0.4, -0.2) is 34.0 Å². The van der Waals surface area contributed by atoms with Gasteiger partial charge in [-0.15, -0.1) is 5.10 Å². The molecule has 0 aliphatic heterocycles. The first-order valence-corrected chi connectivity index (χ1v) is 10.6. The van der Waals surface area contributed by atoms with E-state index in [1.54, 1.807) is 5.38 Å². The highest BCUT2D eigenvalue weighted by Gasteiger charge is 2.26. The third-order valence-corrected chi connectivity index (χ3v) is 5.63. The lowest BCUT2D eigenvalue weighted by molar-refractivity contribution is -0.120. The van der Waals surface area contributed by atoms with Crippen molar-refractivity contribution in [2.45, 2.75) is 31.7 Å². The third kappa shape index (κ3) is 4.51. The first-order valence-electron chi connectivity index (χ1n) is 9.75. The normalized spacial score (nSPS) is 13.9. The van der Waals surface area contributed by atoms with E-state index >= 15 is 0 Å². The molecule has 0 bridgehead atoms. The van der Waals surface area contributed by atoms with Crippen LogP contribution in [0.5, 0.6) is 0 Å². The van der Waals surface area contributed by atoms with Gasteiger partial charge in [0.2, 0.25) is 5.91 Å². The van der Waals surface area contributed by atoms with E-state index in [4.69, 9.17) is 0 Å². The van der Waals surface area contributed by atoms with Crippen LogP contribution in [0.1, 0.15) is 36.2 Å². The molecule has 1 N–H and O–H groups in total. The number of hydrogen-bond donors (Lipinski definition) is 1. The lowest BCUT2D eigenvalue weighted by Crippen LogP contribution is -2.44. The largest absolute Gasteiger partial charge is 0.352 e.